The number of hydrogen-bond acceptors (Lipinski definition) is 4. The highest BCUT2D eigenvalue weighted by Gasteiger charge is 2.54. The molecule has 0 heterocycles. The van der Waals surface area contributed by atoms with E-state index >= 15 is 0 Å². The van der Waals surface area contributed by atoms with E-state index in [1.54, 1.807) is 13.8 Å². The number of Topliss-reactive ketones (excluding diaryl/α,β-unsaturated/α-hetero) is 1. The van der Waals surface area contributed by atoms with E-state index in [9.17, 15) is 19.8 Å². The molecule has 5 heteroatoms. The van der Waals surface area contributed by atoms with Crippen molar-refractivity contribution in [1.82, 2.24) is 0 Å². The molecule has 0 amide bonds. The van der Waals surface area contributed by atoms with Crippen molar-refractivity contribution in [2.75, 3.05) is 0 Å². The average Bonchev–Trinajstić information content (AvgIpc) is 2.43. The molecule has 0 aliphatic heterocycles. The Kier molecular flexibility index (Phi) is 5.04. The third-order valence-electron chi connectivity index (χ3n) is 5.70. The van der Waals surface area contributed by atoms with E-state index < -0.39 is 17.5 Å². The fourth-order valence-electron chi connectivity index (χ4n) is 4.65. The average molecular weight is 334 g/mol. The Morgan fingerprint density at radius 2 is 2.08 bits per heavy atom. The van der Waals surface area contributed by atoms with Crippen molar-refractivity contribution in [3.8, 4) is 0 Å². The minimum Gasteiger partial charge on any atom is -0.504 e. The SMILES string of the molecule is C=C1C[C@@H](O)[C@@H]2C(C)=C(O)C(=O)C[C@@]2(C)[C@H]1CC/C(C)=C/C(=O)O. The van der Waals surface area contributed by atoms with Gasteiger partial charge in [0.25, 0.3) is 0 Å². The summed E-state index contributed by atoms with van der Waals surface area (Å²) in [6.07, 6.45) is 2.41. The number of ketones is 1. The summed E-state index contributed by atoms with van der Waals surface area (Å²) in [6.45, 7) is 9.56. The topological polar surface area (TPSA) is 94.8 Å². The summed E-state index contributed by atoms with van der Waals surface area (Å²) in [5.41, 5.74) is 1.70. The van der Waals surface area contributed by atoms with Gasteiger partial charge in [0.05, 0.1) is 6.10 Å². The van der Waals surface area contributed by atoms with Crippen molar-refractivity contribution >= 4 is 11.8 Å². The summed E-state index contributed by atoms with van der Waals surface area (Å²) >= 11 is 0. The third-order valence-corrected chi connectivity index (χ3v) is 5.70. The normalized spacial score (nSPS) is 34.3. The van der Waals surface area contributed by atoms with Crippen LogP contribution in [0.2, 0.25) is 0 Å². The molecule has 3 N–H and O–H groups in total. The van der Waals surface area contributed by atoms with Gasteiger partial charge >= 0.3 is 5.97 Å². The number of carbonyl (C=O) groups is 2. The van der Waals surface area contributed by atoms with Crippen LogP contribution in [0, 0.1) is 17.3 Å². The highest BCUT2D eigenvalue weighted by molar-refractivity contribution is 5.95. The van der Waals surface area contributed by atoms with Crippen LogP contribution in [0.5, 0.6) is 0 Å². The van der Waals surface area contributed by atoms with Crippen molar-refractivity contribution in [1.29, 1.82) is 0 Å². The molecule has 132 valence electrons. The van der Waals surface area contributed by atoms with Gasteiger partial charge in [-0.3, -0.25) is 4.79 Å². The van der Waals surface area contributed by atoms with Gasteiger partial charge in [-0.1, -0.05) is 24.6 Å². The van der Waals surface area contributed by atoms with Crippen molar-refractivity contribution in [3.05, 3.63) is 35.1 Å². The summed E-state index contributed by atoms with van der Waals surface area (Å²) in [5, 5.41) is 29.4. The standard InChI is InChI=1S/C19H26O5/c1-10(7-16(22)23)5-6-13-11(2)8-14(20)17-12(3)18(24)15(21)9-19(13,17)4/h7,13-14,17,20,24H,2,5-6,8-9H2,1,3-4H3,(H,22,23)/b10-7+/t13-,14+,17-,19-/m0/s1. The van der Waals surface area contributed by atoms with Gasteiger partial charge in [0.1, 0.15) is 0 Å². The maximum Gasteiger partial charge on any atom is 0.328 e. The molecule has 1 fully saturated rings. The van der Waals surface area contributed by atoms with E-state index in [1.165, 1.54) is 6.08 Å². The van der Waals surface area contributed by atoms with Gasteiger partial charge in [-0.2, -0.15) is 0 Å². The largest absolute Gasteiger partial charge is 0.504 e. The van der Waals surface area contributed by atoms with Crippen molar-refractivity contribution in [3.63, 3.8) is 0 Å². The molecule has 2 rings (SSSR count). The van der Waals surface area contributed by atoms with E-state index in [4.69, 9.17) is 5.11 Å². The first kappa shape index (κ1) is 18.5. The molecule has 0 radical (unpaired) electrons. The number of aliphatic carboxylic acids is 1. The molecule has 2 aliphatic carbocycles. The van der Waals surface area contributed by atoms with Gasteiger partial charge in [-0.15, -0.1) is 0 Å². The van der Waals surface area contributed by atoms with Gasteiger partial charge in [-0.25, -0.2) is 4.79 Å². The first-order valence-corrected chi connectivity index (χ1v) is 8.26. The number of allylic oxidation sites excluding steroid dienone is 2. The molecule has 24 heavy (non-hydrogen) atoms. The van der Waals surface area contributed by atoms with Crippen molar-refractivity contribution < 1.29 is 24.9 Å². The number of carbonyl (C=O) groups excluding carboxylic acids is 1. The van der Waals surface area contributed by atoms with E-state index in [0.717, 1.165) is 11.1 Å². The van der Waals surface area contributed by atoms with Crippen LogP contribution in [0.15, 0.2) is 35.1 Å². The van der Waals surface area contributed by atoms with Crippen molar-refractivity contribution in [2.45, 2.75) is 52.6 Å². The van der Waals surface area contributed by atoms with Crippen LogP contribution in [-0.4, -0.2) is 33.2 Å². The summed E-state index contributed by atoms with van der Waals surface area (Å²) in [4.78, 5) is 23.0. The Morgan fingerprint density at radius 3 is 2.67 bits per heavy atom. The van der Waals surface area contributed by atoms with Crippen LogP contribution in [0.25, 0.3) is 0 Å². The Bertz CT molecular complexity index is 642. The highest BCUT2D eigenvalue weighted by Crippen LogP contribution is 2.56. The molecule has 0 bridgehead atoms. The number of aliphatic hydroxyl groups excluding tert-OH is 2. The third kappa shape index (κ3) is 3.18. The fraction of sp³-hybridized carbons (Fsp3) is 0.579. The Hall–Kier alpha value is -1.88. The summed E-state index contributed by atoms with van der Waals surface area (Å²) in [5.74, 6) is -1.77. The number of aliphatic hydroxyl groups is 2. The van der Waals surface area contributed by atoms with Crippen LogP contribution in [0.1, 0.15) is 46.5 Å². The van der Waals surface area contributed by atoms with E-state index in [0.29, 0.717) is 24.8 Å². The number of carboxylic acid groups (broad SMARTS) is 1. The molecule has 4 atom stereocenters. The number of rotatable bonds is 4. The van der Waals surface area contributed by atoms with Gasteiger partial charge in [0.2, 0.25) is 0 Å². The zero-order chi connectivity index (χ0) is 18.2. The van der Waals surface area contributed by atoms with E-state index in [2.05, 4.69) is 6.58 Å². The molecule has 1 saturated carbocycles. The second kappa shape index (κ2) is 6.55. The van der Waals surface area contributed by atoms with Gasteiger partial charge < -0.3 is 15.3 Å². The molecule has 0 aromatic rings. The fourth-order valence-corrected chi connectivity index (χ4v) is 4.65. The van der Waals surface area contributed by atoms with Crippen molar-refractivity contribution in [2.24, 2.45) is 17.3 Å². The minimum atomic E-state index is -0.967. The lowest BCUT2D eigenvalue weighted by Crippen LogP contribution is -2.51. The van der Waals surface area contributed by atoms with Gasteiger partial charge in [0, 0.05) is 18.4 Å². The Labute approximate surface area is 142 Å². The minimum absolute atomic E-state index is 0.00459. The summed E-state index contributed by atoms with van der Waals surface area (Å²) in [7, 11) is 0. The molecule has 5 nitrogen and oxygen atoms in total. The first-order chi connectivity index (χ1) is 11.1. The molecule has 2 aliphatic rings. The summed E-state index contributed by atoms with van der Waals surface area (Å²) in [6, 6.07) is 0. The maximum atomic E-state index is 12.2. The number of carboxylic acids is 1. The predicted molar refractivity (Wildman–Crippen MR) is 90.4 cm³/mol. The number of fused-ring (bicyclic) bond motifs is 1. The highest BCUT2D eigenvalue weighted by atomic mass is 16.4. The van der Waals surface area contributed by atoms with Crippen LogP contribution in [0.4, 0.5) is 0 Å². The van der Waals surface area contributed by atoms with Gasteiger partial charge in [-0.05, 0) is 50.0 Å². The van der Waals surface area contributed by atoms with Gasteiger partial charge in [0.15, 0.2) is 11.5 Å². The predicted octanol–water partition coefficient (Wildman–Crippen LogP) is 3.16. The molecular formula is C19H26O5. The first-order valence-electron chi connectivity index (χ1n) is 8.26. The molecule has 0 unspecified atom stereocenters. The smallest absolute Gasteiger partial charge is 0.328 e. The molecule has 0 spiro atoms. The quantitative estimate of drug-likeness (QED) is 0.542. The van der Waals surface area contributed by atoms with Crippen LogP contribution in [-0.2, 0) is 9.59 Å². The summed E-state index contributed by atoms with van der Waals surface area (Å²) < 4.78 is 0. The van der Waals surface area contributed by atoms with E-state index in [1.807, 2.05) is 6.92 Å². The molecule has 0 aromatic heterocycles. The molecular weight excluding hydrogens is 308 g/mol. The zero-order valence-corrected chi connectivity index (χ0v) is 14.5. The van der Waals surface area contributed by atoms with Crippen LogP contribution < -0.4 is 0 Å². The Balaban J connectivity index is 2.33. The second-order valence-corrected chi connectivity index (χ2v) is 7.46. The lowest BCUT2D eigenvalue weighted by Gasteiger charge is -2.53. The monoisotopic (exact) mass is 334 g/mol. The van der Waals surface area contributed by atoms with E-state index in [-0.39, 0.29) is 29.8 Å². The zero-order valence-electron chi connectivity index (χ0n) is 14.5. The second-order valence-electron chi connectivity index (χ2n) is 7.46. The molecule has 0 saturated heterocycles. The molecule has 0 aromatic carbocycles. The van der Waals surface area contributed by atoms with Crippen LogP contribution in [0.3, 0.4) is 0 Å². The lowest BCUT2D eigenvalue weighted by molar-refractivity contribution is -0.131. The van der Waals surface area contributed by atoms with Crippen LogP contribution >= 0.6 is 0 Å². The Morgan fingerprint density at radius 1 is 1.46 bits per heavy atom. The lowest BCUT2D eigenvalue weighted by atomic mass is 9.52. The maximum absolute atomic E-state index is 12.2. The number of hydrogen-bond donors (Lipinski definition) is 3.